The molecule has 1 fully saturated rings. The van der Waals surface area contributed by atoms with Crippen molar-refractivity contribution in [2.24, 2.45) is 5.41 Å². The van der Waals surface area contributed by atoms with Crippen molar-refractivity contribution in [1.82, 2.24) is 10.2 Å². The van der Waals surface area contributed by atoms with Gasteiger partial charge in [-0.25, -0.2) is 4.79 Å². The van der Waals surface area contributed by atoms with Crippen LogP contribution in [0.15, 0.2) is 48.5 Å². The van der Waals surface area contributed by atoms with Gasteiger partial charge in [0.15, 0.2) is 0 Å². The fourth-order valence-corrected chi connectivity index (χ4v) is 5.02. The normalized spacial score (nSPS) is 20.1. The predicted molar refractivity (Wildman–Crippen MR) is 124 cm³/mol. The van der Waals surface area contributed by atoms with Crippen LogP contribution in [0.1, 0.15) is 50.2 Å². The van der Waals surface area contributed by atoms with Gasteiger partial charge in [0, 0.05) is 19.0 Å². The zero-order valence-electron chi connectivity index (χ0n) is 19.0. The number of alkyl carbamates (subject to hydrolysis) is 1. The first-order chi connectivity index (χ1) is 15.9. The van der Waals surface area contributed by atoms with Gasteiger partial charge in [-0.2, -0.15) is 0 Å². The molecular weight excluding hydrogens is 420 g/mol. The number of carbonyl (C=O) groups is 3. The number of nitrogens with one attached hydrogen (secondary N) is 1. The topological polar surface area (TPSA) is 95.9 Å². The Morgan fingerprint density at radius 3 is 2.21 bits per heavy atom. The van der Waals surface area contributed by atoms with Crippen molar-refractivity contribution in [2.45, 2.75) is 45.1 Å². The molecule has 2 aromatic carbocycles. The van der Waals surface area contributed by atoms with Gasteiger partial charge < -0.3 is 20.1 Å². The van der Waals surface area contributed by atoms with E-state index in [2.05, 4.69) is 29.6 Å². The van der Waals surface area contributed by atoms with E-state index in [-0.39, 0.29) is 25.0 Å². The lowest BCUT2D eigenvalue weighted by atomic mass is 9.84. The number of rotatable bonds is 7. The first kappa shape index (κ1) is 22.8. The molecule has 7 nitrogen and oxygen atoms in total. The van der Waals surface area contributed by atoms with E-state index in [0.29, 0.717) is 25.8 Å². The molecule has 174 valence electrons. The summed E-state index contributed by atoms with van der Waals surface area (Å²) in [6.07, 6.45) is 0.636. The van der Waals surface area contributed by atoms with E-state index < -0.39 is 23.5 Å². The second-order valence-corrected chi connectivity index (χ2v) is 8.88. The number of carboxylic acids is 1. The summed E-state index contributed by atoms with van der Waals surface area (Å²) in [4.78, 5) is 38.8. The fourth-order valence-electron chi connectivity index (χ4n) is 5.02. The van der Waals surface area contributed by atoms with E-state index in [0.717, 1.165) is 22.3 Å². The molecule has 2 aliphatic rings. The highest BCUT2D eigenvalue weighted by Crippen LogP contribution is 2.44. The second kappa shape index (κ2) is 9.25. The Hall–Kier alpha value is -3.35. The van der Waals surface area contributed by atoms with Crippen molar-refractivity contribution in [3.63, 3.8) is 0 Å². The van der Waals surface area contributed by atoms with Crippen molar-refractivity contribution in [2.75, 3.05) is 19.7 Å². The van der Waals surface area contributed by atoms with Crippen molar-refractivity contribution in [3.05, 3.63) is 59.7 Å². The number of amides is 2. The summed E-state index contributed by atoms with van der Waals surface area (Å²) in [6, 6.07) is 15.5. The van der Waals surface area contributed by atoms with Gasteiger partial charge in [0.2, 0.25) is 5.91 Å². The largest absolute Gasteiger partial charge is 0.481 e. The summed E-state index contributed by atoms with van der Waals surface area (Å²) in [5.41, 5.74) is 3.64. The standard InChI is InChI=1S/C26H30N2O5/c1-3-22(23(29)28-14-13-26(4-2,16-28)24(30)31)27-25(32)33-15-21-19-11-7-5-9-17(19)18-10-6-8-12-20(18)21/h5-12,21-22H,3-4,13-16H2,1-2H3,(H,27,32)(H,30,31)/t22-,26?/m0/s1. The third-order valence-corrected chi connectivity index (χ3v) is 7.14. The Kier molecular flexibility index (Phi) is 6.40. The van der Waals surface area contributed by atoms with Gasteiger partial charge >= 0.3 is 12.1 Å². The molecule has 1 saturated heterocycles. The minimum absolute atomic E-state index is 0.0572. The number of hydrogen-bond acceptors (Lipinski definition) is 4. The fraction of sp³-hybridized carbons (Fsp3) is 0.423. The minimum Gasteiger partial charge on any atom is -0.481 e. The maximum atomic E-state index is 13.0. The maximum Gasteiger partial charge on any atom is 0.407 e. The molecular formula is C26H30N2O5. The zero-order valence-corrected chi connectivity index (χ0v) is 19.0. The summed E-state index contributed by atoms with van der Waals surface area (Å²) in [7, 11) is 0. The number of ether oxygens (including phenoxy) is 1. The highest BCUT2D eigenvalue weighted by atomic mass is 16.5. The van der Waals surface area contributed by atoms with E-state index in [1.54, 1.807) is 4.90 Å². The van der Waals surface area contributed by atoms with Gasteiger partial charge in [0.05, 0.1) is 5.41 Å². The minimum atomic E-state index is -0.905. The molecule has 1 heterocycles. The predicted octanol–water partition coefficient (Wildman–Crippen LogP) is 4.02. The third-order valence-electron chi connectivity index (χ3n) is 7.14. The SMILES string of the molecule is CC[C@H](NC(=O)OCC1c2ccccc2-c2ccccc21)C(=O)N1CCC(CC)(C(=O)O)C1. The summed E-state index contributed by atoms with van der Waals surface area (Å²) in [5, 5.41) is 12.3. The van der Waals surface area contributed by atoms with Crippen LogP contribution >= 0.6 is 0 Å². The van der Waals surface area contributed by atoms with Gasteiger partial charge in [-0.15, -0.1) is 0 Å². The highest BCUT2D eigenvalue weighted by molar-refractivity contribution is 5.87. The Bertz CT molecular complexity index is 1020. The Morgan fingerprint density at radius 2 is 1.70 bits per heavy atom. The van der Waals surface area contributed by atoms with E-state index in [1.165, 1.54) is 0 Å². The summed E-state index contributed by atoms with van der Waals surface area (Å²) >= 11 is 0. The number of likely N-dealkylation sites (tertiary alicyclic amines) is 1. The molecule has 2 amide bonds. The smallest absolute Gasteiger partial charge is 0.407 e. The number of carboxylic acid groups (broad SMARTS) is 1. The van der Waals surface area contributed by atoms with Crippen LogP contribution in [0.25, 0.3) is 11.1 Å². The molecule has 4 rings (SSSR count). The lowest BCUT2D eigenvalue weighted by Gasteiger charge is -2.26. The van der Waals surface area contributed by atoms with E-state index in [4.69, 9.17) is 4.74 Å². The van der Waals surface area contributed by atoms with Crippen molar-refractivity contribution in [3.8, 4) is 11.1 Å². The molecule has 0 spiro atoms. The van der Waals surface area contributed by atoms with Crippen LogP contribution in [-0.2, 0) is 14.3 Å². The molecule has 0 radical (unpaired) electrons. The molecule has 1 aliphatic carbocycles. The third kappa shape index (κ3) is 4.19. The summed E-state index contributed by atoms with van der Waals surface area (Å²) < 4.78 is 5.57. The van der Waals surface area contributed by atoms with E-state index in [9.17, 15) is 19.5 Å². The van der Waals surface area contributed by atoms with Crippen molar-refractivity contribution in [1.29, 1.82) is 0 Å². The van der Waals surface area contributed by atoms with Gasteiger partial charge in [0.1, 0.15) is 12.6 Å². The Labute approximate surface area is 193 Å². The van der Waals surface area contributed by atoms with Gasteiger partial charge in [-0.05, 0) is 41.5 Å². The maximum absolute atomic E-state index is 13.0. The second-order valence-electron chi connectivity index (χ2n) is 8.88. The molecule has 0 saturated carbocycles. The Balaban J connectivity index is 1.39. The molecule has 0 bridgehead atoms. The molecule has 2 N–H and O–H groups in total. The van der Waals surface area contributed by atoms with Crippen LogP contribution in [0.2, 0.25) is 0 Å². The lowest BCUT2D eigenvalue weighted by molar-refractivity contribution is -0.148. The van der Waals surface area contributed by atoms with Crippen LogP contribution in [0.5, 0.6) is 0 Å². The monoisotopic (exact) mass is 450 g/mol. The van der Waals surface area contributed by atoms with Crippen LogP contribution in [0.3, 0.4) is 0 Å². The lowest BCUT2D eigenvalue weighted by Crippen LogP contribution is -2.48. The molecule has 0 aromatic heterocycles. The first-order valence-corrected chi connectivity index (χ1v) is 11.5. The Morgan fingerprint density at radius 1 is 1.09 bits per heavy atom. The number of nitrogens with zero attached hydrogens (tertiary/aromatic N) is 1. The van der Waals surface area contributed by atoms with Crippen LogP contribution in [-0.4, -0.2) is 53.7 Å². The van der Waals surface area contributed by atoms with Gasteiger partial charge in [-0.1, -0.05) is 62.4 Å². The number of hydrogen-bond donors (Lipinski definition) is 2. The van der Waals surface area contributed by atoms with Gasteiger partial charge in [0.25, 0.3) is 0 Å². The quantitative estimate of drug-likeness (QED) is 0.664. The molecule has 1 aliphatic heterocycles. The number of aliphatic carboxylic acids is 1. The summed E-state index contributed by atoms with van der Waals surface area (Å²) in [5.74, 6) is -1.20. The van der Waals surface area contributed by atoms with E-state index in [1.807, 2.05) is 38.1 Å². The number of benzene rings is 2. The first-order valence-electron chi connectivity index (χ1n) is 11.5. The van der Waals surface area contributed by atoms with Crippen molar-refractivity contribution >= 4 is 18.0 Å². The van der Waals surface area contributed by atoms with E-state index >= 15 is 0 Å². The molecule has 2 atom stereocenters. The zero-order chi connectivity index (χ0) is 23.6. The number of carbonyl (C=O) groups excluding carboxylic acids is 2. The molecule has 7 heteroatoms. The molecule has 33 heavy (non-hydrogen) atoms. The molecule has 1 unspecified atom stereocenters. The van der Waals surface area contributed by atoms with Crippen LogP contribution in [0, 0.1) is 5.41 Å². The average Bonchev–Trinajstić information content (AvgIpc) is 3.42. The highest BCUT2D eigenvalue weighted by Gasteiger charge is 2.45. The van der Waals surface area contributed by atoms with Crippen LogP contribution < -0.4 is 5.32 Å². The van der Waals surface area contributed by atoms with Crippen molar-refractivity contribution < 1.29 is 24.2 Å². The average molecular weight is 451 g/mol. The summed E-state index contributed by atoms with van der Waals surface area (Å²) in [6.45, 7) is 4.36. The molecule has 2 aromatic rings. The van der Waals surface area contributed by atoms with Crippen LogP contribution in [0.4, 0.5) is 4.79 Å². The number of fused-ring (bicyclic) bond motifs is 3. The van der Waals surface area contributed by atoms with Gasteiger partial charge in [-0.3, -0.25) is 9.59 Å².